The summed E-state index contributed by atoms with van der Waals surface area (Å²) in [5, 5.41) is 3.63. The third-order valence-corrected chi connectivity index (χ3v) is 9.95. The molecule has 2 N–H and O–H groups in total. The molecule has 1 aliphatic rings. The van der Waals surface area contributed by atoms with Crippen LogP contribution in [0.4, 0.5) is 17.1 Å². The maximum Gasteiger partial charge on any atom is 0.264 e. The fourth-order valence-corrected chi connectivity index (χ4v) is 7.01. The van der Waals surface area contributed by atoms with E-state index in [4.69, 9.17) is 27.9 Å². The van der Waals surface area contributed by atoms with Crippen molar-refractivity contribution in [2.45, 2.75) is 16.2 Å². The molecule has 1 heterocycles. The van der Waals surface area contributed by atoms with Crippen LogP contribution in [-0.2, 0) is 31.3 Å². The first-order chi connectivity index (χ1) is 19.5. The van der Waals surface area contributed by atoms with Crippen molar-refractivity contribution in [3.63, 3.8) is 0 Å². The lowest BCUT2D eigenvalue weighted by Crippen LogP contribution is -2.29. The Hall–Kier alpha value is -3.77. The molecule has 5 rings (SSSR count). The minimum absolute atomic E-state index is 0.0144. The Morgan fingerprint density at radius 2 is 1.37 bits per heavy atom. The van der Waals surface area contributed by atoms with Gasteiger partial charge in [0, 0.05) is 28.0 Å². The lowest BCUT2D eigenvalue weighted by Gasteiger charge is -2.20. The first-order valence-electron chi connectivity index (χ1n) is 12.2. The van der Waals surface area contributed by atoms with Crippen molar-refractivity contribution >= 4 is 66.2 Å². The predicted molar refractivity (Wildman–Crippen MR) is 159 cm³/mol. The third kappa shape index (κ3) is 6.59. The molecular weight excluding hydrogens is 609 g/mol. The zero-order valence-electron chi connectivity index (χ0n) is 21.3. The lowest BCUT2D eigenvalue weighted by molar-refractivity contribution is -0.118. The summed E-state index contributed by atoms with van der Waals surface area (Å²) in [7, 11) is -7.64. The normalized spacial score (nSPS) is 13.0. The van der Waals surface area contributed by atoms with Crippen molar-refractivity contribution in [1.82, 2.24) is 0 Å². The fourth-order valence-electron chi connectivity index (χ4n) is 4.20. The molecule has 0 saturated heterocycles. The molecule has 0 atom stereocenters. The molecule has 0 radical (unpaired) electrons. The van der Waals surface area contributed by atoms with Crippen LogP contribution in [0.3, 0.4) is 0 Å². The highest BCUT2D eigenvalue weighted by molar-refractivity contribution is 7.93. The van der Waals surface area contributed by atoms with E-state index in [9.17, 15) is 21.6 Å². The lowest BCUT2D eigenvalue weighted by atomic mass is 10.1. The van der Waals surface area contributed by atoms with E-state index in [0.29, 0.717) is 39.3 Å². The number of ether oxygens (including phenoxy) is 1. The number of sulfonamides is 2. The molecule has 1 amide bonds. The first-order valence-corrected chi connectivity index (χ1v) is 15.9. The molecule has 0 spiro atoms. The molecule has 1 aliphatic heterocycles. The molecule has 4 aromatic rings. The number of carbonyl (C=O) groups is 1. The Morgan fingerprint density at radius 1 is 0.780 bits per heavy atom. The first kappa shape index (κ1) is 28.7. The van der Waals surface area contributed by atoms with Gasteiger partial charge in [0.1, 0.15) is 5.75 Å². The van der Waals surface area contributed by atoms with E-state index in [1.165, 1.54) is 52.8 Å². The van der Waals surface area contributed by atoms with Crippen LogP contribution in [0.5, 0.6) is 5.75 Å². The smallest absolute Gasteiger partial charge is 0.264 e. The van der Waals surface area contributed by atoms with Gasteiger partial charge in [-0.15, -0.1) is 0 Å². The van der Waals surface area contributed by atoms with Gasteiger partial charge in [0.15, 0.2) is 6.61 Å². The Balaban J connectivity index is 1.20. The average Bonchev–Trinajstić information content (AvgIpc) is 3.38. The van der Waals surface area contributed by atoms with Crippen LogP contribution in [-0.4, -0.2) is 35.9 Å². The van der Waals surface area contributed by atoms with Crippen LogP contribution >= 0.6 is 23.2 Å². The van der Waals surface area contributed by atoms with Gasteiger partial charge < -0.3 is 10.1 Å². The molecule has 0 aromatic heterocycles. The monoisotopic (exact) mass is 631 g/mol. The maximum atomic E-state index is 13.2. The summed E-state index contributed by atoms with van der Waals surface area (Å²) >= 11 is 11.7. The maximum absolute atomic E-state index is 13.2. The zero-order chi connectivity index (χ0) is 29.2. The van der Waals surface area contributed by atoms with Gasteiger partial charge in [-0.2, -0.15) is 0 Å². The molecule has 4 aromatic carbocycles. The Labute approximate surface area is 247 Å². The highest BCUT2D eigenvalue weighted by Gasteiger charge is 2.31. The van der Waals surface area contributed by atoms with Gasteiger partial charge in [0.2, 0.25) is 0 Å². The average molecular weight is 633 g/mol. The number of halogens is 2. The summed E-state index contributed by atoms with van der Waals surface area (Å²) in [6, 6.07) is 22.9. The summed E-state index contributed by atoms with van der Waals surface area (Å²) in [6.45, 7) is -0.0687. The summed E-state index contributed by atoms with van der Waals surface area (Å²) in [5.74, 6) is -0.184. The Kier molecular flexibility index (Phi) is 8.14. The van der Waals surface area contributed by atoms with Crippen molar-refractivity contribution in [2.24, 2.45) is 0 Å². The van der Waals surface area contributed by atoms with Gasteiger partial charge in [0.25, 0.3) is 26.0 Å². The molecule has 0 bridgehead atoms. The molecule has 13 heteroatoms. The second-order valence-corrected chi connectivity index (χ2v) is 13.5. The molecule has 41 heavy (non-hydrogen) atoms. The van der Waals surface area contributed by atoms with Crippen molar-refractivity contribution in [3.05, 3.63) is 107 Å². The Bertz CT molecular complexity index is 1800. The number of nitrogens with one attached hydrogen (secondary N) is 2. The molecule has 9 nitrogen and oxygen atoms in total. The number of carbonyl (C=O) groups excluding carboxylic acids is 1. The standard InChI is InChI=1S/C28H23Cl2N3O6S2/c29-20-2-7-22(8-3-20)32-40(35,36)25-13-9-24(10-14-25)39-18-28(34)31-23-6-1-19-15-16-33(27(19)17-23)41(37,38)26-11-4-21(30)5-12-26/h1-14,17,32H,15-16,18H2,(H,31,34). The van der Waals surface area contributed by atoms with Crippen LogP contribution in [0.25, 0.3) is 0 Å². The number of benzene rings is 4. The van der Waals surface area contributed by atoms with Gasteiger partial charge in [-0.1, -0.05) is 29.3 Å². The van der Waals surface area contributed by atoms with E-state index >= 15 is 0 Å². The van der Waals surface area contributed by atoms with E-state index in [1.807, 2.05) is 0 Å². The van der Waals surface area contributed by atoms with E-state index in [1.54, 1.807) is 42.5 Å². The highest BCUT2D eigenvalue weighted by atomic mass is 35.5. The van der Waals surface area contributed by atoms with Gasteiger partial charge >= 0.3 is 0 Å². The number of rotatable bonds is 9. The molecule has 0 fully saturated rings. The quantitative estimate of drug-likeness (QED) is 0.249. The van der Waals surface area contributed by atoms with E-state index < -0.39 is 26.0 Å². The van der Waals surface area contributed by atoms with Crippen LogP contribution in [0, 0.1) is 0 Å². The molecular formula is C28H23Cl2N3O6S2. The highest BCUT2D eigenvalue weighted by Crippen LogP contribution is 2.35. The van der Waals surface area contributed by atoms with E-state index in [-0.39, 0.29) is 22.9 Å². The molecule has 212 valence electrons. The zero-order valence-corrected chi connectivity index (χ0v) is 24.4. The number of hydrogen-bond acceptors (Lipinski definition) is 6. The SMILES string of the molecule is O=C(COc1ccc(S(=O)(=O)Nc2ccc(Cl)cc2)cc1)Nc1ccc2c(c1)N(S(=O)(=O)c1ccc(Cl)cc1)CC2. The summed E-state index contributed by atoms with van der Waals surface area (Å²) in [5.41, 5.74) is 2.11. The largest absolute Gasteiger partial charge is 0.484 e. The van der Waals surface area contributed by atoms with Gasteiger partial charge in [-0.25, -0.2) is 16.8 Å². The summed E-state index contributed by atoms with van der Waals surface area (Å²) in [6.07, 6.45) is 0.542. The molecule has 0 aliphatic carbocycles. The third-order valence-electron chi connectivity index (χ3n) is 6.22. The van der Waals surface area contributed by atoms with Crippen molar-refractivity contribution in [2.75, 3.05) is 27.5 Å². The van der Waals surface area contributed by atoms with E-state index in [0.717, 1.165) is 5.56 Å². The predicted octanol–water partition coefficient (Wildman–Crippen LogP) is 5.56. The van der Waals surface area contributed by atoms with Crippen LogP contribution in [0.2, 0.25) is 10.0 Å². The number of hydrogen-bond donors (Lipinski definition) is 2. The second kappa shape index (κ2) is 11.6. The number of fused-ring (bicyclic) bond motifs is 1. The Morgan fingerprint density at radius 3 is 2.02 bits per heavy atom. The number of amides is 1. The van der Waals surface area contributed by atoms with E-state index in [2.05, 4.69) is 10.0 Å². The van der Waals surface area contributed by atoms with Gasteiger partial charge in [0.05, 0.1) is 15.5 Å². The minimum atomic E-state index is -3.84. The second-order valence-electron chi connectivity index (χ2n) is 9.05. The van der Waals surface area contributed by atoms with Crippen LogP contribution in [0.15, 0.2) is 101 Å². The fraction of sp³-hybridized carbons (Fsp3) is 0.107. The minimum Gasteiger partial charge on any atom is -0.484 e. The van der Waals surface area contributed by atoms with Crippen molar-refractivity contribution in [3.8, 4) is 5.75 Å². The molecule has 0 unspecified atom stereocenters. The van der Waals surface area contributed by atoms with Gasteiger partial charge in [-0.3, -0.25) is 13.8 Å². The van der Waals surface area contributed by atoms with Gasteiger partial charge in [-0.05, 0) is 96.9 Å². The van der Waals surface area contributed by atoms with Crippen molar-refractivity contribution < 1.29 is 26.4 Å². The number of nitrogens with zero attached hydrogens (tertiary/aromatic N) is 1. The summed E-state index contributed by atoms with van der Waals surface area (Å²) in [4.78, 5) is 12.7. The summed E-state index contributed by atoms with van der Waals surface area (Å²) < 4.78 is 61.0. The topological polar surface area (TPSA) is 122 Å². The van der Waals surface area contributed by atoms with Crippen LogP contribution < -0.4 is 19.1 Å². The van der Waals surface area contributed by atoms with Crippen molar-refractivity contribution in [1.29, 1.82) is 0 Å². The van der Waals surface area contributed by atoms with Crippen LogP contribution in [0.1, 0.15) is 5.56 Å². The molecule has 0 saturated carbocycles. The number of anilines is 3.